The van der Waals surface area contributed by atoms with Gasteiger partial charge in [0, 0.05) is 29.1 Å². The van der Waals surface area contributed by atoms with Crippen molar-refractivity contribution in [2.75, 3.05) is 18.1 Å². The van der Waals surface area contributed by atoms with Crippen molar-refractivity contribution in [2.45, 2.75) is 32.2 Å². The highest BCUT2D eigenvalue weighted by atomic mass is 35.5. The number of hydrazine groups is 1. The van der Waals surface area contributed by atoms with Crippen LogP contribution in [0.5, 0.6) is 0 Å². The Labute approximate surface area is 203 Å². The van der Waals surface area contributed by atoms with E-state index in [2.05, 4.69) is 5.43 Å². The maximum absolute atomic E-state index is 13.1. The van der Waals surface area contributed by atoms with Gasteiger partial charge < -0.3 is 0 Å². The summed E-state index contributed by atoms with van der Waals surface area (Å²) in [5.74, 6) is -0.321. The predicted octanol–water partition coefficient (Wildman–Crippen LogP) is 6.14. The van der Waals surface area contributed by atoms with E-state index in [0.29, 0.717) is 26.5 Å². The Morgan fingerprint density at radius 2 is 1.65 bits per heavy atom. The molecule has 166 valence electrons. The molecule has 0 aromatic heterocycles. The van der Waals surface area contributed by atoms with E-state index in [4.69, 9.17) is 39.9 Å². The summed E-state index contributed by atoms with van der Waals surface area (Å²) in [5.41, 5.74) is 5.21. The number of carbonyl (C=O) groups excluding carboxylic acids is 1. The molecule has 31 heavy (non-hydrogen) atoms. The smallest absolute Gasteiger partial charge is 0.282 e. The maximum Gasteiger partial charge on any atom is 0.282 e. The molecule has 1 N–H and O–H groups in total. The second kappa shape index (κ2) is 10.4. The van der Waals surface area contributed by atoms with Crippen LogP contribution in [0.1, 0.15) is 37.8 Å². The van der Waals surface area contributed by atoms with E-state index in [1.54, 1.807) is 12.1 Å². The van der Waals surface area contributed by atoms with Gasteiger partial charge in [0.25, 0.3) is 5.91 Å². The number of halogens is 4. The van der Waals surface area contributed by atoms with Gasteiger partial charge in [-0.2, -0.15) is 5.10 Å². The van der Waals surface area contributed by atoms with Crippen molar-refractivity contribution in [3.05, 3.63) is 63.1 Å². The Hall–Kier alpha value is -1.50. The van der Waals surface area contributed by atoms with E-state index in [9.17, 15) is 4.79 Å². The van der Waals surface area contributed by atoms with Crippen molar-refractivity contribution < 1.29 is 4.79 Å². The summed E-state index contributed by atoms with van der Waals surface area (Å²) >= 11 is 18.7. The van der Waals surface area contributed by atoms with Gasteiger partial charge in [-0.05, 0) is 48.7 Å². The van der Waals surface area contributed by atoms with Crippen LogP contribution in [0.4, 0.5) is 5.69 Å². The summed E-state index contributed by atoms with van der Waals surface area (Å²) in [7, 11) is 0. The lowest BCUT2D eigenvalue weighted by Gasteiger charge is -2.28. The highest BCUT2D eigenvalue weighted by molar-refractivity contribution is 6.41. The molecule has 0 aliphatic carbocycles. The Kier molecular flexibility index (Phi) is 8.11. The minimum Gasteiger partial charge on any atom is -0.284 e. The molecule has 2 aliphatic rings. The molecule has 1 fully saturated rings. The normalized spacial score (nSPS) is 21.4. The third-order valence-electron chi connectivity index (χ3n) is 5.60. The number of nitrogens with zero attached hydrogens (tertiary/aromatic N) is 3. The van der Waals surface area contributed by atoms with E-state index in [0.717, 1.165) is 31.5 Å². The topological polar surface area (TPSA) is 47.9 Å². The van der Waals surface area contributed by atoms with Crippen LogP contribution in [0.3, 0.4) is 0 Å². The molecule has 1 saturated heterocycles. The van der Waals surface area contributed by atoms with Gasteiger partial charge >= 0.3 is 0 Å². The summed E-state index contributed by atoms with van der Waals surface area (Å²) in [5, 5.41) is 10.2. The molecular weight excluding hydrogens is 478 g/mol. The van der Waals surface area contributed by atoms with Crippen LogP contribution in [0, 0.1) is 5.92 Å². The summed E-state index contributed by atoms with van der Waals surface area (Å²) in [6, 6.07) is 12.7. The number of piperidine rings is 1. The van der Waals surface area contributed by atoms with E-state index < -0.39 is 0 Å². The lowest BCUT2D eigenvalue weighted by molar-refractivity contribution is -0.120. The van der Waals surface area contributed by atoms with Crippen LogP contribution in [0.15, 0.2) is 47.6 Å². The molecule has 0 bridgehead atoms. The molecule has 2 atom stereocenters. The lowest BCUT2D eigenvalue weighted by Crippen LogP contribution is -2.48. The lowest BCUT2D eigenvalue weighted by atomic mass is 9.91. The second-order valence-corrected chi connectivity index (χ2v) is 8.98. The molecule has 4 rings (SSSR count). The van der Waals surface area contributed by atoms with Crippen LogP contribution in [-0.2, 0) is 4.79 Å². The number of anilines is 1. The number of hydrogen-bond donors (Lipinski definition) is 1. The minimum absolute atomic E-state index is 0. The highest BCUT2D eigenvalue weighted by Gasteiger charge is 2.40. The largest absolute Gasteiger partial charge is 0.284 e. The summed E-state index contributed by atoms with van der Waals surface area (Å²) in [4.78, 5) is 13.1. The standard InChI is InChI=1S/C22H23Cl3N4O.ClH/c1-14-20(22(30)27-28-11-3-2-4-12-28)26-29(19-10-9-17(24)13-18(19)25)21(14)15-5-7-16(23)8-6-15;/h5-10,13-14,21H,2-4,11-12H2,1H3,(H,27,30);1H/t14-,21+;/m1./s1. The number of carbonyl (C=O) groups is 1. The number of hydrogen-bond acceptors (Lipinski definition) is 4. The first kappa shape index (κ1) is 24.1. The van der Waals surface area contributed by atoms with Crippen molar-refractivity contribution in [1.29, 1.82) is 0 Å². The molecule has 2 aliphatic heterocycles. The molecule has 0 unspecified atom stereocenters. The van der Waals surface area contributed by atoms with Crippen LogP contribution in [0.25, 0.3) is 0 Å². The van der Waals surface area contributed by atoms with Gasteiger partial charge in [0.15, 0.2) is 0 Å². The minimum atomic E-state index is -0.192. The second-order valence-electron chi connectivity index (χ2n) is 7.70. The van der Waals surface area contributed by atoms with Gasteiger partial charge in [-0.1, -0.05) is 60.3 Å². The molecule has 0 spiro atoms. The molecule has 5 nitrogen and oxygen atoms in total. The molecule has 1 amide bonds. The SMILES string of the molecule is C[C@@H]1C(C(=O)NN2CCCCC2)=NN(c2ccc(Cl)cc2Cl)[C@@H]1c1ccc(Cl)cc1.Cl. The summed E-state index contributed by atoms with van der Waals surface area (Å²) in [6.07, 6.45) is 3.37. The van der Waals surface area contributed by atoms with Crippen molar-refractivity contribution in [1.82, 2.24) is 10.4 Å². The highest BCUT2D eigenvalue weighted by Crippen LogP contribution is 2.42. The Balaban J connectivity index is 0.00000272. The number of nitrogens with one attached hydrogen (secondary N) is 1. The molecule has 0 radical (unpaired) electrons. The van der Waals surface area contributed by atoms with Gasteiger partial charge in [-0.3, -0.25) is 15.2 Å². The fraction of sp³-hybridized carbons (Fsp3) is 0.364. The number of rotatable bonds is 4. The zero-order valence-corrected chi connectivity index (χ0v) is 20.1. The van der Waals surface area contributed by atoms with Gasteiger partial charge in [0.1, 0.15) is 5.71 Å². The quantitative estimate of drug-likeness (QED) is 0.547. The third kappa shape index (κ3) is 5.29. The molecular formula is C22H24Cl4N4O. The van der Waals surface area contributed by atoms with Crippen molar-refractivity contribution in [3.63, 3.8) is 0 Å². The van der Waals surface area contributed by atoms with Gasteiger partial charge in [0.2, 0.25) is 0 Å². The van der Waals surface area contributed by atoms with E-state index in [1.807, 2.05) is 47.3 Å². The third-order valence-corrected chi connectivity index (χ3v) is 6.39. The Bertz CT molecular complexity index is 960. The first-order valence-corrected chi connectivity index (χ1v) is 11.2. The van der Waals surface area contributed by atoms with Crippen LogP contribution in [-0.4, -0.2) is 29.7 Å². The molecule has 2 heterocycles. The molecule has 9 heteroatoms. The van der Waals surface area contributed by atoms with Gasteiger partial charge in [-0.15, -0.1) is 12.4 Å². The molecule has 2 aromatic rings. The Morgan fingerprint density at radius 3 is 2.29 bits per heavy atom. The molecule has 0 saturated carbocycles. The number of amides is 1. The maximum atomic E-state index is 13.1. The fourth-order valence-corrected chi connectivity index (χ4v) is 4.67. The predicted molar refractivity (Wildman–Crippen MR) is 131 cm³/mol. The summed E-state index contributed by atoms with van der Waals surface area (Å²) < 4.78 is 0. The van der Waals surface area contributed by atoms with Gasteiger partial charge in [0.05, 0.1) is 16.8 Å². The van der Waals surface area contributed by atoms with E-state index in [-0.39, 0.29) is 30.3 Å². The Morgan fingerprint density at radius 1 is 1.00 bits per heavy atom. The average Bonchev–Trinajstić information content (AvgIpc) is 3.06. The van der Waals surface area contributed by atoms with Crippen molar-refractivity contribution in [2.24, 2.45) is 11.0 Å². The first-order chi connectivity index (χ1) is 14.4. The van der Waals surface area contributed by atoms with Gasteiger partial charge in [-0.25, -0.2) is 5.01 Å². The first-order valence-electron chi connectivity index (χ1n) is 10.1. The van der Waals surface area contributed by atoms with Crippen molar-refractivity contribution >= 4 is 64.5 Å². The van der Waals surface area contributed by atoms with E-state index in [1.165, 1.54) is 6.42 Å². The van der Waals surface area contributed by atoms with Crippen LogP contribution < -0.4 is 10.4 Å². The van der Waals surface area contributed by atoms with Crippen LogP contribution in [0.2, 0.25) is 15.1 Å². The van der Waals surface area contributed by atoms with Crippen molar-refractivity contribution in [3.8, 4) is 0 Å². The number of benzene rings is 2. The van der Waals surface area contributed by atoms with E-state index >= 15 is 0 Å². The fourth-order valence-electron chi connectivity index (χ4n) is 4.05. The number of hydrazone groups is 1. The summed E-state index contributed by atoms with van der Waals surface area (Å²) in [6.45, 7) is 3.74. The average molecular weight is 502 g/mol. The zero-order chi connectivity index (χ0) is 21.3. The van der Waals surface area contributed by atoms with Crippen LogP contribution >= 0.6 is 47.2 Å². The molecule has 2 aromatic carbocycles. The zero-order valence-electron chi connectivity index (χ0n) is 17.0. The monoisotopic (exact) mass is 500 g/mol.